The van der Waals surface area contributed by atoms with Crippen LogP contribution in [-0.4, -0.2) is 7.12 Å². The zero-order valence-electron chi connectivity index (χ0n) is 11.1. The summed E-state index contributed by atoms with van der Waals surface area (Å²) < 4.78 is 11.3. The lowest BCUT2D eigenvalue weighted by Crippen LogP contribution is -2.21. The van der Waals surface area contributed by atoms with E-state index in [-0.39, 0.29) is 7.12 Å². The number of fused-ring (bicyclic) bond motifs is 1. The van der Waals surface area contributed by atoms with Gasteiger partial charge in [0, 0.05) is 0 Å². The molecule has 2 rings (SSSR count). The highest BCUT2D eigenvalue weighted by Crippen LogP contribution is 2.32. The van der Waals surface area contributed by atoms with E-state index in [1.54, 1.807) is 0 Å². The first-order valence-electron chi connectivity index (χ1n) is 6.99. The van der Waals surface area contributed by atoms with Crippen LogP contribution in [0, 0.1) is 0 Å². The van der Waals surface area contributed by atoms with E-state index in [1.807, 2.05) is 30.2 Å². The van der Waals surface area contributed by atoms with Crippen LogP contribution in [0.25, 0.3) is 0 Å². The van der Waals surface area contributed by atoms with Crippen LogP contribution in [0.3, 0.4) is 0 Å². The Bertz CT molecular complexity index is 365. The fourth-order valence-corrected chi connectivity index (χ4v) is 2.07. The number of hydrogen-bond acceptors (Lipinski definition) is 2. The molecule has 96 valence electrons. The summed E-state index contributed by atoms with van der Waals surface area (Å²) in [5.41, 5.74) is 0. The summed E-state index contributed by atoms with van der Waals surface area (Å²) in [5.74, 6) is 3.70. The zero-order valence-corrected chi connectivity index (χ0v) is 11.1. The average molecular weight is 244 g/mol. The summed E-state index contributed by atoms with van der Waals surface area (Å²) in [5, 5.41) is 0. The smallest absolute Gasteiger partial charge is 0.520 e. The number of rotatable bonds is 7. The summed E-state index contributed by atoms with van der Waals surface area (Å²) in [6.07, 6.45) is 9.88. The quantitative estimate of drug-likeness (QED) is 0.522. The van der Waals surface area contributed by atoms with Crippen LogP contribution in [-0.2, 0) is 0 Å². The number of benzene rings is 1. The van der Waals surface area contributed by atoms with Crippen LogP contribution in [0.4, 0.5) is 0 Å². The maximum absolute atomic E-state index is 5.64. The molecular formula is C15H21BO2. The number of hydrogen-bond donors (Lipinski definition) is 0. The van der Waals surface area contributed by atoms with Gasteiger partial charge in [-0.15, -0.1) is 0 Å². The maximum atomic E-state index is 5.64. The van der Waals surface area contributed by atoms with Gasteiger partial charge in [-0.1, -0.05) is 50.8 Å². The van der Waals surface area contributed by atoms with E-state index in [0.29, 0.717) is 0 Å². The lowest BCUT2D eigenvalue weighted by atomic mass is 9.90. The molecule has 0 saturated carbocycles. The summed E-state index contributed by atoms with van der Waals surface area (Å²) in [6.45, 7) is 2.24. The van der Waals surface area contributed by atoms with Crippen molar-refractivity contribution in [3.63, 3.8) is 0 Å². The monoisotopic (exact) mass is 244 g/mol. The molecule has 0 spiro atoms. The summed E-state index contributed by atoms with van der Waals surface area (Å²) in [6, 6.07) is 7.80. The minimum absolute atomic E-state index is 0.238. The molecule has 18 heavy (non-hydrogen) atoms. The Morgan fingerprint density at radius 1 is 1.00 bits per heavy atom. The molecular weight excluding hydrogens is 223 g/mol. The number of unbranched alkanes of at least 4 members (excludes halogenated alkanes) is 5. The third kappa shape index (κ3) is 3.83. The highest BCUT2D eigenvalue weighted by Gasteiger charge is 2.28. The van der Waals surface area contributed by atoms with Crippen LogP contribution >= 0.6 is 0 Å². The Morgan fingerprint density at radius 2 is 1.67 bits per heavy atom. The van der Waals surface area contributed by atoms with Crippen LogP contribution in [0.1, 0.15) is 45.4 Å². The lowest BCUT2D eigenvalue weighted by molar-refractivity contribution is 0.517. The standard InChI is InChI=1S/C15H21BO2/c1-2-3-4-5-6-7-10-13-16-17-14-11-8-9-12-15(14)18-16/h8-13H,2-7H2,1H3/b13-10+. The summed E-state index contributed by atoms with van der Waals surface area (Å²) >= 11 is 0. The van der Waals surface area contributed by atoms with Crippen molar-refractivity contribution in [1.29, 1.82) is 0 Å². The van der Waals surface area contributed by atoms with Crippen molar-refractivity contribution in [2.45, 2.75) is 45.4 Å². The molecule has 0 aromatic heterocycles. The van der Waals surface area contributed by atoms with Crippen molar-refractivity contribution in [2.24, 2.45) is 0 Å². The van der Waals surface area contributed by atoms with Gasteiger partial charge < -0.3 is 9.31 Å². The maximum Gasteiger partial charge on any atom is 0.624 e. The minimum atomic E-state index is -0.238. The predicted octanol–water partition coefficient (Wildman–Crippen LogP) is 4.40. The van der Waals surface area contributed by atoms with Gasteiger partial charge in [0.05, 0.1) is 0 Å². The molecule has 0 saturated heterocycles. The number of para-hydroxylation sites is 2. The van der Waals surface area contributed by atoms with Crippen molar-refractivity contribution in [3.8, 4) is 11.5 Å². The molecule has 1 aromatic rings. The van der Waals surface area contributed by atoms with Crippen LogP contribution in [0.5, 0.6) is 11.5 Å². The van der Waals surface area contributed by atoms with E-state index >= 15 is 0 Å². The van der Waals surface area contributed by atoms with Crippen LogP contribution < -0.4 is 9.31 Å². The Labute approximate surface area is 110 Å². The molecule has 2 nitrogen and oxygen atoms in total. The molecule has 0 atom stereocenters. The first-order valence-corrected chi connectivity index (χ1v) is 6.99. The Kier molecular flexibility index (Phi) is 5.19. The van der Waals surface area contributed by atoms with E-state index in [4.69, 9.17) is 9.31 Å². The molecule has 0 radical (unpaired) electrons. The van der Waals surface area contributed by atoms with E-state index < -0.39 is 0 Å². The van der Waals surface area contributed by atoms with E-state index in [0.717, 1.165) is 17.9 Å². The van der Waals surface area contributed by atoms with Gasteiger partial charge >= 0.3 is 7.12 Å². The largest absolute Gasteiger partial charge is 0.624 e. The first-order chi connectivity index (χ1) is 8.90. The fourth-order valence-electron chi connectivity index (χ4n) is 2.07. The molecule has 1 aliphatic rings. The Hall–Kier alpha value is -1.38. The van der Waals surface area contributed by atoms with Crippen molar-refractivity contribution in [2.75, 3.05) is 0 Å². The summed E-state index contributed by atoms with van der Waals surface area (Å²) in [4.78, 5) is 0. The second-order valence-electron chi connectivity index (χ2n) is 4.68. The van der Waals surface area contributed by atoms with E-state index in [2.05, 4.69) is 13.0 Å². The molecule has 3 heteroatoms. The second kappa shape index (κ2) is 7.15. The Balaban J connectivity index is 1.64. The molecule has 0 N–H and O–H groups in total. The van der Waals surface area contributed by atoms with Gasteiger partial charge in [-0.05, 0) is 30.9 Å². The van der Waals surface area contributed by atoms with Crippen molar-refractivity contribution in [1.82, 2.24) is 0 Å². The van der Waals surface area contributed by atoms with Gasteiger partial charge in [0.1, 0.15) is 11.5 Å². The van der Waals surface area contributed by atoms with Gasteiger partial charge in [-0.25, -0.2) is 0 Å². The molecule has 1 heterocycles. The predicted molar refractivity (Wildman–Crippen MR) is 76.0 cm³/mol. The minimum Gasteiger partial charge on any atom is -0.520 e. The van der Waals surface area contributed by atoms with Crippen molar-refractivity contribution in [3.05, 3.63) is 36.3 Å². The molecule has 0 fully saturated rings. The van der Waals surface area contributed by atoms with Crippen molar-refractivity contribution >= 4 is 7.12 Å². The van der Waals surface area contributed by atoms with Crippen LogP contribution in [0.2, 0.25) is 0 Å². The molecule has 0 amide bonds. The molecule has 1 aromatic carbocycles. The van der Waals surface area contributed by atoms with E-state index in [9.17, 15) is 0 Å². The third-order valence-corrected chi connectivity index (χ3v) is 3.10. The van der Waals surface area contributed by atoms with Gasteiger partial charge in [-0.2, -0.15) is 0 Å². The number of allylic oxidation sites excluding steroid dienone is 1. The van der Waals surface area contributed by atoms with Gasteiger partial charge in [0.2, 0.25) is 0 Å². The van der Waals surface area contributed by atoms with Gasteiger partial charge in [-0.3, -0.25) is 0 Å². The normalized spacial score (nSPS) is 13.5. The SMILES string of the molecule is CCCCCCC/C=C/B1Oc2ccccc2O1. The second-order valence-corrected chi connectivity index (χ2v) is 4.68. The Morgan fingerprint density at radius 3 is 2.33 bits per heavy atom. The molecule has 0 aliphatic carbocycles. The zero-order chi connectivity index (χ0) is 12.6. The van der Waals surface area contributed by atoms with Gasteiger partial charge in [0.25, 0.3) is 0 Å². The average Bonchev–Trinajstić information content (AvgIpc) is 2.80. The summed E-state index contributed by atoms with van der Waals surface area (Å²) in [7, 11) is -0.238. The molecule has 1 aliphatic heterocycles. The topological polar surface area (TPSA) is 18.5 Å². The highest BCUT2D eigenvalue weighted by atomic mass is 16.6. The molecule has 0 unspecified atom stereocenters. The highest BCUT2D eigenvalue weighted by molar-refractivity contribution is 6.53. The third-order valence-electron chi connectivity index (χ3n) is 3.10. The first kappa shape index (κ1) is 13.1. The van der Waals surface area contributed by atoms with Gasteiger partial charge in [0.15, 0.2) is 0 Å². The van der Waals surface area contributed by atoms with Crippen molar-refractivity contribution < 1.29 is 9.31 Å². The van der Waals surface area contributed by atoms with Crippen LogP contribution in [0.15, 0.2) is 36.3 Å². The lowest BCUT2D eigenvalue weighted by Gasteiger charge is -1.98. The molecule has 0 bridgehead atoms. The fraction of sp³-hybridized carbons (Fsp3) is 0.467. The van der Waals surface area contributed by atoms with E-state index in [1.165, 1.54) is 32.1 Å².